The van der Waals surface area contributed by atoms with Crippen molar-refractivity contribution < 1.29 is 29.5 Å². The van der Waals surface area contributed by atoms with Crippen molar-refractivity contribution in [2.45, 2.75) is 13.0 Å². The third-order valence-electron chi connectivity index (χ3n) is 0.372. The van der Waals surface area contributed by atoms with Gasteiger partial charge in [-0.3, -0.25) is 0 Å². The van der Waals surface area contributed by atoms with Crippen molar-refractivity contribution in [2.75, 3.05) is 6.54 Å². The molecule has 7 heteroatoms. The van der Waals surface area contributed by atoms with E-state index >= 15 is 0 Å². The molecule has 0 aliphatic rings. The topological polar surface area (TPSA) is 127 Å². The maximum atomic E-state index is 8.82. The van der Waals surface area contributed by atoms with Crippen molar-refractivity contribution in [3.05, 3.63) is 0 Å². The standard InChI is InChI=1S/C3H10N2.Cr.2H2O.2O/c1-3(5)2-4;;;;;/h3H,2,4-5H2,1H3;;2*1H2;;/q;+2;;;;/p-2. The average Bonchev–Trinajstić information content (AvgIpc) is 1.61. The molecule has 0 aliphatic heterocycles. The molecule has 0 aromatic carbocycles. The van der Waals surface area contributed by atoms with E-state index in [1.165, 1.54) is 0 Å². The fourth-order valence-electron chi connectivity index (χ4n) is 0. The molecule has 0 fully saturated rings. The molecule has 0 saturated heterocycles. The zero-order chi connectivity index (χ0) is 8.78. The van der Waals surface area contributed by atoms with Gasteiger partial charge in [-0.25, -0.2) is 0 Å². The van der Waals surface area contributed by atoms with E-state index in [0.717, 1.165) is 0 Å². The van der Waals surface area contributed by atoms with Crippen LogP contribution in [0.1, 0.15) is 6.92 Å². The van der Waals surface area contributed by atoms with Crippen LogP contribution in [0.15, 0.2) is 0 Å². The van der Waals surface area contributed by atoms with Gasteiger partial charge in [0.05, 0.1) is 0 Å². The van der Waals surface area contributed by atoms with Crippen LogP contribution in [0.4, 0.5) is 0 Å². The van der Waals surface area contributed by atoms with E-state index < -0.39 is 13.6 Å². The first-order chi connectivity index (χ1) is 4.27. The molecule has 1 unspecified atom stereocenters. The molecule has 0 aliphatic carbocycles. The van der Waals surface area contributed by atoms with Crippen LogP contribution < -0.4 is 11.5 Å². The van der Waals surface area contributed by atoms with Crippen LogP contribution in [0, 0.1) is 0 Å². The summed E-state index contributed by atoms with van der Waals surface area (Å²) >= 11 is -5.25. The molecule has 6 nitrogen and oxygen atoms in total. The summed E-state index contributed by atoms with van der Waals surface area (Å²) in [6.07, 6.45) is 0. The van der Waals surface area contributed by atoms with Gasteiger partial charge in [0, 0.05) is 12.6 Å². The molecule has 0 spiro atoms. The Morgan fingerprint density at radius 1 is 1.50 bits per heavy atom. The van der Waals surface area contributed by atoms with Gasteiger partial charge >= 0.3 is 29.5 Å². The summed E-state index contributed by atoms with van der Waals surface area (Å²) in [4.78, 5) is 0. The first-order valence-corrected chi connectivity index (χ1v) is 4.61. The minimum absolute atomic E-state index is 0.162. The number of hydrogen-bond acceptors (Lipinski definition) is 4. The molecular formula is C3H12CrN2O4. The molecule has 1 atom stereocenters. The second-order valence-corrected chi connectivity index (χ2v) is 3.06. The van der Waals surface area contributed by atoms with Crippen molar-refractivity contribution in [1.82, 2.24) is 0 Å². The fourth-order valence-corrected chi connectivity index (χ4v) is 0. The fraction of sp³-hybridized carbons (Fsp3) is 1.00. The summed E-state index contributed by atoms with van der Waals surface area (Å²) < 4.78 is 31.9. The zero-order valence-electron chi connectivity index (χ0n) is 5.56. The second-order valence-electron chi connectivity index (χ2n) is 1.66. The Balaban J connectivity index is 0. The van der Waals surface area contributed by atoms with E-state index in [4.69, 9.17) is 27.4 Å². The molecule has 0 saturated carbocycles. The first kappa shape index (κ1) is 12.6. The molecule has 0 aromatic rings. The van der Waals surface area contributed by atoms with Crippen LogP contribution in [0.5, 0.6) is 0 Å². The van der Waals surface area contributed by atoms with Gasteiger partial charge < -0.3 is 11.5 Å². The van der Waals surface area contributed by atoms with Crippen LogP contribution in [-0.2, 0) is 21.2 Å². The molecule has 0 amide bonds. The molecule has 0 bridgehead atoms. The van der Waals surface area contributed by atoms with Crippen LogP contribution in [0.3, 0.4) is 0 Å². The van der Waals surface area contributed by atoms with Crippen molar-refractivity contribution in [3.8, 4) is 0 Å². The van der Waals surface area contributed by atoms with E-state index in [2.05, 4.69) is 0 Å². The van der Waals surface area contributed by atoms with E-state index in [0.29, 0.717) is 6.54 Å². The third kappa shape index (κ3) is 99.6. The van der Waals surface area contributed by atoms with Crippen LogP contribution in [0.25, 0.3) is 0 Å². The van der Waals surface area contributed by atoms with Crippen molar-refractivity contribution in [1.29, 1.82) is 0 Å². The normalized spacial score (nSPS) is 13.3. The summed E-state index contributed by atoms with van der Waals surface area (Å²) in [7, 11) is 0. The Labute approximate surface area is 61.2 Å². The van der Waals surface area contributed by atoms with Crippen LogP contribution in [0.2, 0.25) is 0 Å². The minimum atomic E-state index is -5.25. The van der Waals surface area contributed by atoms with Gasteiger partial charge in [0.1, 0.15) is 0 Å². The SMILES string of the molecule is CC(N)CN.[O]=[Cr](=[O])([OH])[OH]. The van der Waals surface area contributed by atoms with E-state index in [1.807, 2.05) is 6.92 Å². The Bertz CT molecular complexity index is 144. The van der Waals surface area contributed by atoms with Gasteiger partial charge in [0.25, 0.3) is 0 Å². The van der Waals surface area contributed by atoms with Gasteiger partial charge in [-0.2, -0.15) is 0 Å². The molecule has 0 rings (SSSR count). The van der Waals surface area contributed by atoms with Crippen molar-refractivity contribution in [3.63, 3.8) is 0 Å². The summed E-state index contributed by atoms with van der Waals surface area (Å²) in [5.41, 5.74) is 10.2. The summed E-state index contributed by atoms with van der Waals surface area (Å²) in [6, 6.07) is 0.162. The predicted molar refractivity (Wildman–Crippen MR) is 28.5 cm³/mol. The number of rotatable bonds is 1. The average molecular weight is 192 g/mol. The van der Waals surface area contributed by atoms with Gasteiger partial charge in [-0.05, 0) is 6.92 Å². The van der Waals surface area contributed by atoms with Crippen LogP contribution >= 0.6 is 0 Å². The number of nitrogens with two attached hydrogens (primary N) is 2. The quantitative estimate of drug-likeness (QED) is 0.378. The van der Waals surface area contributed by atoms with E-state index in [1.54, 1.807) is 0 Å². The third-order valence-corrected chi connectivity index (χ3v) is 0.372. The van der Waals surface area contributed by atoms with Crippen LogP contribution in [-0.4, -0.2) is 20.9 Å². The van der Waals surface area contributed by atoms with Gasteiger partial charge in [0.15, 0.2) is 0 Å². The summed E-state index contributed by atoms with van der Waals surface area (Å²) in [5, 5.41) is 0. The predicted octanol–water partition coefficient (Wildman–Crippen LogP) is -2.06. The molecule has 64 valence electrons. The monoisotopic (exact) mass is 192 g/mol. The zero-order valence-corrected chi connectivity index (χ0v) is 6.83. The second kappa shape index (κ2) is 5.73. The van der Waals surface area contributed by atoms with E-state index in [-0.39, 0.29) is 6.04 Å². The van der Waals surface area contributed by atoms with E-state index in [9.17, 15) is 0 Å². The Morgan fingerprint density at radius 3 is 1.60 bits per heavy atom. The van der Waals surface area contributed by atoms with Gasteiger partial charge in [-0.1, -0.05) is 0 Å². The molecule has 6 N–H and O–H groups in total. The Hall–Kier alpha value is -0.0275. The molecular weight excluding hydrogens is 180 g/mol. The first-order valence-electron chi connectivity index (χ1n) is 2.43. The van der Waals surface area contributed by atoms with Gasteiger partial charge in [-0.15, -0.1) is 0 Å². The van der Waals surface area contributed by atoms with Crippen molar-refractivity contribution in [2.24, 2.45) is 11.5 Å². The Morgan fingerprint density at radius 2 is 1.60 bits per heavy atom. The molecule has 0 aromatic heterocycles. The summed E-state index contributed by atoms with van der Waals surface area (Å²) in [6.45, 7) is 2.46. The maximum absolute atomic E-state index is 8.82. The molecule has 0 radical (unpaired) electrons. The van der Waals surface area contributed by atoms with Crippen molar-refractivity contribution >= 4 is 0 Å². The Kier molecular flexibility index (Phi) is 7.24. The molecule has 0 heterocycles. The summed E-state index contributed by atoms with van der Waals surface area (Å²) in [5.74, 6) is 0. The van der Waals surface area contributed by atoms with Gasteiger partial charge in [0.2, 0.25) is 0 Å². The number of hydrogen-bond donors (Lipinski definition) is 4. The molecule has 10 heavy (non-hydrogen) atoms.